The van der Waals surface area contributed by atoms with Gasteiger partial charge in [0.25, 0.3) is 0 Å². The van der Waals surface area contributed by atoms with Gasteiger partial charge in [0.15, 0.2) is 0 Å². The number of likely N-dealkylation sites (tertiary alicyclic amines) is 1. The van der Waals surface area contributed by atoms with Gasteiger partial charge in [-0.1, -0.05) is 18.2 Å². The first-order valence-corrected chi connectivity index (χ1v) is 9.85. The number of aromatic nitrogens is 1. The Kier molecular flexibility index (Phi) is 5.93. The summed E-state index contributed by atoms with van der Waals surface area (Å²) in [5.74, 6) is -0.233. The quantitative estimate of drug-likeness (QED) is 0.735. The zero-order valence-electron chi connectivity index (χ0n) is 15.1. The monoisotopic (exact) mass is 369 g/mol. The molecule has 1 saturated heterocycles. The van der Waals surface area contributed by atoms with Crippen molar-refractivity contribution in [2.24, 2.45) is 5.92 Å². The topological polar surface area (TPSA) is 53.5 Å². The number of pyridine rings is 1. The highest BCUT2D eigenvalue weighted by Crippen LogP contribution is 2.23. The highest BCUT2D eigenvalue weighted by molar-refractivity contribution is 7.98. The highest BCUT2D eigenvalue weighted by Gasteiger charge is 2.35. The highest BCUT2D eigenvalue weighted by atomic mass is 32.2. The predicted octanol–water partition coefficient (Wildman–Crippen LogP) is 2.81. The van der Waals surface area contributed by atoms with Crippen molar-refractivity contribution in [3.05, 3.63) is 59.9 Å². The molecule has 2 amide bonds. The Morgan fingerprint density at radius 3 is 2.88 bits per heavy atom. The fourth-order valence-corrected chi connectivity index (χ4v) is 3.70. The van der Waals surface area contributed by atoms with Gasteiger partial charge < -0.3 is 9.80 Å². The summed E-state index contributed by atoms with van der Waals surface area (Å²) in [4.78, 5) is 34.0. The van der Waals surface area contributed by atoms with Crippen LogP contribution in [0.15, 0.2) is 53.6 Å². The van der Waals surface area contributed by atoms with Crippen LogP contribution in [0.4, 0.5) is 0 Å². The number of thioether (sulfide) groups is 1. The maximum Gasteiger partial charge on any atom is 0.228 e. The van der Waals surface area contributed by atoms with Crippen LogP contribution in [-0.4, -0.2) is 46.4 Å². The van der Waals surface area contributed by atoms with Gasteiger partial charge in [-0.15, -0.1) is 11.8 Å². The van der Waals surface area contributed by atoms with Crippen LogP contribution < -0.4 is 0 Å². The number of hydrogen-bond acceptors (Lipinski definition) is 4. The fraction of sp³-hybridized carbons (Fsp3) is 0.350. The van der Waals surface area contributed by atoms with Crippen LogP contribution in [0.3, 0.4) is 0 Å². The Hall–Kier alpha value is -2.34. The van der Waals surface area contributed by atoms with E-state index in [0.29, 0.717) is 19.6 Å². The van der Waals surface area contributed by atoms with Crippen molar-refractivity contribution in [2.45, 2.75) is 24.4 Å². The standard InChI is InChI=1S/C20H23N3O2S/c1-22(12-15-6-5-8-18(10-15)26-2)20(25)16-11-19(24)23(13-16)14-17-7-3-4-9-21-17/h3-10,16H,11-14H2,1-2H3/t16-/m1/s1. The lowest BCUT2D eigenvalue weighted by Crippen LogP contribution is -2.34. The van der Waals surface area contributed by atoms with Crippen LogP contribution in [0.1, 0.15) is 17.7 Å². The average Bonchev–Trinajstić information content (AvgIpc) is 3.02. The first-order chi connectivity index (χ1) is 12.6. The van der Waals surface area contributed by atoms with Gasteiger partial charge in [0.1, 0.15) is 0 Å². The third-order valence-corrected chi connectivity index (χ3v) is 5.30. The Morgan fingerprint density at radius 1 is 1.31 bits per heavy atom. The molecule has 0 aliphatic carbocycles. The summed E-state index contributed by atoms with van der Waals surface area (Å²) >= 11 is 1.68. The molecule has 0 bridgehead atoms. The van der Waals surface area contributed by atoms with Gasteiger partial charge in [-0.25, -0.2) is 0 Å². The second-order valence-electron chi connectivity index (χ2n) is 6.54. The molecule has 0 saturated carbocycles. The lowest BCUT2D eigenvalue weighted by molar-refractivity contribution is -0.135. The summed E-state index contributed by atoms with van der Waals surface area (Å²) < 4.78 is 0. The molecule has 2 heterocycles. The first kappa shape index (κ1) is 18.5. The molecule has 0 spiro atoms. The molecule has 0 unspecified atom stereocenters. The fourth-order valence-electron chi connectivity index (χ4n) is 3.21. The summed E-state index contributed by atoms with van der Waals surface area (Å²) in [5.41, 5.74) is 1.94. The first-order valence-electron chi connectivity index (χ1n) is 8.62. The van der Waals surface area contributed by atoms with E-state index in [2.05, 4.69) is 17.1 Å². The summed E-state index contributed by atoms with van der Waals surface area (Å²) in [6.07, 6.45) is 4.03. The van der Waals surface area contributed by atoms with Crippen LogP contribution in [0.5, 0.6) is 0 Å². The molecule has 1 aromatic heterocycles. The van der Waals surface area contributed by atoms with Gasteiger partial charge in [0, 0.05) is 37.7 Å². The van der Waals surface area contributed by atoms with E-state index in [4.69, 9.17) is 0 Å². The van der Waals surface area contributed by atoms with E-state index in [1.807, 2.05) is 36.6 Å². The minimum Gasteiger partial charge on any atom is -0.341 e. The smallest absolute Gasteiger partial charge is 0.228 e. The second kappa shape index (κ2) is 8.36. The van der Waals surface area contributed by atoms with Crippen LogP contribution >= 0.6 is 11.8 Å². The summed E-state index contributed by atoms with van der Waals surface area (Å²) in [6.45, 7) is 1.48. The van der Waals surface area contributed by atoms with Crippen molar-refractivity contribution in [3.8, 4) is 0 Å². The average molecular weight is 369 g/mol. The summed E-state index contributed by atoms with van der Waals surface area (Å²) in [5, 5.41) is 0. The van der Waals surface area contributed by atoms with Crippen LogP contribution in [0, 0.1) is 5.92 Å². The molecule has 5 nitrogen and oxygen atoms in total. The van der Waals surface area contributed by atoms with Gasteiger partial charge in [0.05, 0.1) is 18.2 Å². The zero-order valence-corrected chi connectivity index (χ0v) is 15.9. The van der Waals surface area contributed by atoms with Crippen LogP contribution in [0.25, 0.3) is 0 Å². The van der Waals surface area contributed by atoms with Crippen molar-refractivity contribution in [3.63, 3.8) is 0 Å². The normalized spacial score (nSPS) is 16.8. The van der Waals surface area contributed by atoms with Crippen LogP contribution in [0.2, 0.25) is 0 Å². The molecule has 1 aliphatic rings. The summed E-state index contributed by atoms with van der Waals surface area (Å²) in [6, 6.07) is 13.8. The van der Waals surface area contributed by atoms with Gasteiger partial charge in [-0.2, -0.15) is 0 Å². The van der Waals surface area contributed by atoms with E-state index in [9.17, 15) is 9.59 Å². The molecule has 1 aliphatic heterocycles. The second-order valence-corrected chi connectivity index (χ2v) is 7.42. The van der Waals surface area contributed by atoms with E-state index in [1.54, 1.807) is 34.8 Å². The van der Waals surface area contributed by atoms with E-state index in [1.165, 1.54) is 4.90 Å². The molecule has 0 radical (unpaired) electrons. The molecule has 0 N–H and O–H groups in total. The SMILES string of the molecule is CSc1cccc(CN(C)C(=O)[C@@H]2CC(=O)N(Cc3ccccn3)C2)c1. The number of nitrogens with zero attached hydrogens (tertiary/aromatic N) is 3. The molecule has 6 heteroatoms. The number of amides is 2. The molecule has 1 aromatic carbocycles. The van der Waals surface area contributed by atoms with Crippen LogP contribution in [-0.2, 0) is 22.7 Å². The van der Waals surface area contributed by atoms with E-state index in [-0.39, 0.29) is 24.2 Å². The third kappa shape index (κ3) is 4.43. The largest absolute Gasteiger partial charge is 0.341 e. The van der Waals surface area contributed by atoms with Crippen molar-refractivity contribution in [2.75, 3.05) is 19.8 Å². The van der Waals surface area contributed by atoms with Gasteiger partial charge >= 0.3 is 0 Å². The van der Waals surface area contributed by atoms with Gasteiger partial charge in [-0.3, -0.25) is 14.6 Å². The van der Waals surface area contributed by atoms with Crippen molar-refractivity contribution < 1.29 is 9.59 Å². The number of carbonyl (C=O) groups excluding carboxylic acids is 2. The van der Waals surface area contributed by atoms with Gasteiger partial charge in [0.2, 0.25) is 11.8 Å². The number of benzene rings is 1. The van der Waals surface area contributed by atoms with Crippen molar-refractivity contribution in [1.82, 2.24) is 14.8 Å². The van der Waals surface area contributed by atoms with E-state index >= 15 is 0 Å². The molecule has 1 atom stereocenters. The van der Waals surface area contributed by atoms with E-state index in [0.717, 1.165) is 11.3 Å². The van der Waals surface area contributed by atoms with Crippen molar-refractivity contribution >= 4 is 23.6 Å². The predicted molar refractivity (Wildman–Crippen MR) is 102 cm³/mol. The Labute approximate surface area is 158 Å². The molecule has 2 aromatic rings. The number of rotatable bonds is 6. The molecule has 1 fully saturated rings. The minimum atomic E-state index is -0.278. The molecule has 3 rings (SSSR count). The van der Waals surface area contributed by atoms with E-state index < -0.39 is 0 Å². The lowest BCUT2D eigenvalue weighted by atomic mass is 10.1. The lowest BCUT2D eigenvalue weighted by Gasteiger charge is -2.21. The number of hydrogen-bond donors (Lipinski definition) is 0. The van der Waals surface area contributed by atoms with Gasteiger partial charge in [-0.05, 0) is 36.1 Å². The molecular weight excluding hydrogens is 346 g/mol. The number of carbonyl (C=O) groups is 2. The summed E-state index contributed by atoms with van der Waals surface area (Å²) in [7, 11) is 1.81. The third-order valence-electron chi connectivity index (χ3n) is 4.57. The maximum absolute atomic E-state index is 12.8. The Bertz CT molecular complexity index is 782. The Balaban J connectivity index is 1.60. The zero-order chi connectivity index (χ0) is 18.5. The maximum atomic E-state index is 12.8. The van der Waals surface area contributed by atoms with Crippen molar-refractivity contribution in [1.29, 1.82) is 0 Å². The minimum absolute atomic E-state index is 0.0202. The molecule has 26 heavy (non-hydrogen) atoms. The molecule has 136 valence electrons. The molecular formula is C20H23N3O2S. The Morgan fingerprint density at radius 2 is 2.15 bits per heavy atom.